The second-order valence-electron chi connectivity index (χ2n) is 4.57. The Morgan fingerprint density at radius 1 is 1.50 bits per heavy atom. The van der Waals surface area contributed by atoms with Crippen molar-refractivity contribution in [1.82, 2.24) is 4.90 Å². The number of halogens is 1. The SMILES string of the molecule is COc1ccc(Br)c(CN2CCCCC2C#N)c1. The minimum absolute atomic E-state index is 0.0526. The molecule has 1 fully saturated rings. The molecule has 0 spiro atoms. The average molecular weight is 309 g/mol. The first-order valence-corrected chi connectivity index (χ1v) is 7.00. The lowest BCUT2D eigenvalue weighted by Crippen LogP contribution is -2.37. The molecule has 1 aliphatic rings. The van der Waals surface area contributed by atoms with E-state index in [4.69, 9.17) is 4.74 Å². The maximum atomic E-state index is 9.18. The van der Waals surface area contributed by atoms with Crippen molar-refractivity contribution >= 4 is 15.9 Å². The van der Waals surface area contributed by atoms with Gasteiger partial charge in [0.1, 0.15) is 5.75 Å². The molecule has 0 amide bonds. The maximum absolute atomic E-state index is 9.18. The second kappa shape index (κ2) is 6.21. The van der Waals surface area contributed by atoms with E-state index in [1.807, 2.05) is 18.2 Å². The summed E-state index contributed by atoms with van der Waals surface area (Å²) in [6.07, 6.45) is 3.33. The van der Waals surface area contributed by atoms with Crippen molar-refractivity contribution in [2.45, 2.75) is 31.8 Å². The third-order valence-electron chi connectivity index (χ3n) is 3.39. The number of likely N-dealkylation sites (tertiary alicyclic amines) is 1. The van der Waals surface area contributed by atoms with Gasteiger partial charge in [0, 0.05) is 11.0 Å². The summed E-state index contributed by atoms with van der Waals surface area (Å²) in [7, 11) is 1.67. The summed E-state index contributed by atoms with van der Waals surface area (Å²) in [4.78, 5) is 2.25. The molecule has 0 radical (unpaired) electrons. The van der Waals surface area contributed by atoms with E-state index in [-0.39, 0.29) is 6.04 Å². The number of rotatable bonds is 3. The smallest absolute Gasteiger partial charge is 0.119 e. The van der Waals surface area contributed by atoms with Gasteiger partial charge < -0.3 is 4.74 Å². The van der Waals surface area contributed by atoms with Gasteiger partial charge in [0.05, 0.1) is 19.2 Å². The van der Waals surface area contributed by atoms with Crippen molar-refractivity contribution in [1.29, 1.82) is 5.26 Å². The van der Waals surface area contributed by atoms with E-state index in [2.05, 4.69) is 26.9 Å². The number of nitrogens with zero attached hydrogens (tertiary/aromatic N) is 2. The van der Waals surface area contributed by atoms with Crippen LogP contribution in [-0.2, 0) is 6.54 Å². The summed E-state index contributed by atoms with van der Waals surface area (Å²) in [6, 6.07) is 8.42. The number of nitriles is 1. The van der Waals surface area contributed by atoms with Gasteiger partial charge in [-0.15, -0.1) is 0 Å². The molecule has 3 nitrogen and oxygen atoms in total. The molecular weight excluding hydrogens is 292 g/mol. The monoisotopic (exact) mass is 308 g/mol. The van der Waals surface area contributed by atoms with Gasteiger partial charge in [0.2, 0.25) is 0 Å². The van der Waals surface area contributed by atoms with E-state index in [0.717, 1.165) is 36.2 Å². The predicted molar refractivity (Wildman–Crippen MR) is 74.4 cm³/mol. The molecule has 96 valence electrons. The Morgan fingerprint density at radius 2 is 2.33 bits per heavy atom. The molecule has 0 aromatic heterocycles. The normalized spacial score (nSPS) is 20.4. The molecule has 0 saturated carbocycles. The van der Waals surface area contributed by atoms with E-state index in [1.165, 1.54) is 12.0 Å². The van der Waals surface area contributed by atoms with Crippen molar-refractivity contribution in [2.24, 2.45) is 0 Å². The summed E-state index contributed by atoms with van der Waals surface area (Å²) in [6.45, 7) is 1.80. The molecule has 0 N–H and O–H groups in total. The van der Waals surface area contributed by atoms with Crippen LogP contribution in [0.15, 0.2) is 22.7 Å². The molecule has 1 aromatic rings. The Labute approximate surface area is 116 Å². The highest BCUT2D eigenvalue weighted by molar-refractivity contribution is 9.10. The van der Waals surface area contributed by atoms with E-state index < -0.39 is 0 Å². The van der Waals surface area contributed by atoms with Gasteiger partial charge >= 0.3 is 0 Å². The van der Waals surface area contributed by atoms with Gasteiger partial charge in [-0.25, -0.2) is 0 Å². The third kappa shape index (κ3) is 3.04. The lowest BCUT2D eigenvalue weighted by Gasteiger charge is -2.31. The molecule has 1 aromatic carbocycles. The fourth-order valence-corrected chi connectivity index (χ4v) is 2.72. The number of benzene rings is 1. The minimum atomic E-state index is 0.0526. The Balaban J connectivity index is 2.14. The Kier molecular flexibility index (Phi) is 4.62. The van der Waals surface area contributed by atoms with Gasteiger partial charge in [-0.1, -0.05) is 15.9 Å². The summed E-state index contributed by atoms with van der Waals surface area (Å²) in [5.41, 5.74) is 1.18. The Hall–Kier alpha value is -1.05. The number of hydrogen-bond acceptors (Lipinski definition) is 3. The van der Waals surface area contributed by atoms with Crippen molar-refractivity contribution in [3.63, 3.8) is 0 Å². The van der Waals surface area contributed by atoms with Gasteiger partial charge in [-0.3, -0.25) is 4.90 Å². The van der Waals surface area contributed by atoms with E-state index in [9.17, 15) is 5.26 Å². The van der Waals surface area contributed by atoms with Gasteiger partial charge in [-0.2, -0.15) is 5.26 Å². The molecule has 18 heavy (non-hydrogen) atoms. The summed E-state index contributed by atoms with van der Waals surface area (Å²) < 4.78 is 6.32. The highest BCUT2D eigenvalue weighted by Gasteiger charge is 2.22. The average Bonchev–Trinajstić information content (AvgIpc) is 2.42. The zero-order valence-corrected chi connectivity index (χ0v) is 12.1. The quantitative estimate of drug-likeness (QED) is 0.859. The van der Waals surface area contributed by atoms with Crippen LogP contribution in [0.25, 0.3) is 0 Å². The van der Waals surface area contributed by atoms with Crippen molar-refractivity contribution < 1.29 is 4.74 Å². The number of methoxy groups -OCH3 is 1. The van der Waals surface area contributed by atoms with Gasteiger partial charge in [0.25, 0.3) is 0 Å². The maximum Gasteiger partial charge on any atom is 0.119 e. The van der Waals surface area contributed by atoms with Crippen LogP contribution in [0.3, 0.4) is 0 Å². The van der Waals surface area contributed by atoms with Gasteiger partial charge in [0.15, 0.2) is 0 Å². The molecule has 0 aliphatic carbocycles. The first-order valence-electron chi connectivity index (χ1n) is 6.20. The van der Waals surface area contributed by atoms with Gasteiger partial charge in [-0.05, 0) is 49.6 Å². The van der Waals surface area contributed by atoms with Crippen LogP contribution < -0.4 is 4.74 Å². The summed E-state index contributed by atoms with van der Waals surface area (Å²) in [5, 5.41) is 9.18. The van der Waals surface area contributed by atoms with Crippen LogP contribution in [-0.4, -0.2) is 24.6 Å². The molecule has 2 rings (SSSR count). The standard InChI is InChI=1S/C14H17BrN2O/c1-18-13-5-6-14(15)11(8-13)10-17-7-3-2-4-12(17)9-16/h5-6,8,12H,2-4,7,10H2,1H3. The predicted octanol–water partition coefficient (Wildman–Crippen LogP) is 3.34. The van der Waals surface area contributed by atoms with Crippen molar-refractivity contribution in [2.75, 3.05) is 13.7 Å². The fourth-order valence-electron chi connectivity index (χ4n) is 2.34. The van der Waals surface area contributed by atoms with E-state index >= 15 is 0 Å². The molecule has 1 aliphatic heterocycles. The van der Waals surface area contributed by atoms with E-state index in [0.29, 0.717) is 0 Å². The van der Waals surface area contributed by atoms with Crippen molar-refractivity contribution in [3.8, 4) is 11.8 Å². The first-order chi connectivity index (χ1) is 8.74. The lowest BCUT2D eigenvalue weighted by atomic mass is 10.0. The second-order valence-corrected chi connectivity index (χ2v) is 5.42. The minimum Gasteiger partial charge on any atom is -0.497 e. The topological polar surface area (TPSA) is 36.3 Å². The Morgan fingerprint density at radius 3 is 3.06 bits per heavy atom. The highest BCUT2D eigenvalue weighted by atomic mass is 79.9. The number of hydrogen-bond donors (Lipinski definition) is 0. The number of ether oxygens (including phenoxy) is 1. The molecule has 1 atom stereocenters. The zero-order valence-electron chi connectivity index (χ0n) is 10.5. The first kappa shape index (κ1) is 13.4. The molecule has 1 saturated heterocycles. The van der Waals surface area contributed by atoms with Crippen LogP contribution in [0.2, 0.25) is 0 Å². The summed E-state index contributed by atoms with van der Waals surface area (Å²) >= 11 is 3.56. The Bertz CT molecular complexity index is 456. The van der Waals surface area contributed by atoms with E-state index in [1.54, 1.807) is 7.11 Å². The van der Waals surface area contributed by atoms with Crippen LogP contribution in [0.4, 0.5) is 0 Å². The van der Waals surface area contributed by atoms with Crippen LogP contribution in [0, 0.1) is 11.3 Å². The fraction of sp³-hybridized carbons (Fsp3) is 0.500. The zero-order chi connectivity index (χ0) is 13.0. The molecular formula is C14H17BrN2O. The molecule has 1 unspecified atom stereocenters. The van der Waals surface area contributed by atoms with Crippen LogP contribution in [0.1, 0.15) is 24.8 Å². The van der Waals surface area contributed by atoms with Crippen molar-refractivity contribution in [3.05, 3.63) is 28.2 Å². The largest absolute Gasteiger partial charge is 0.497 e. The summed E-state index contributed by atoms with van der Waals surface area (Å²) in [5.74, 6) is 0.860. The lowest BCUT2D eigenvalue weighted by molar-refractivity contribution is 0.176. The van der Waals surface area contributed by atoms with Crippen LogP contribution >= 0.6 is 15.9 Å². The molecule has 4 heteroatoms. The highest BCUT2D eigenvalue weighted by Crippen LogP contribution is 2.26. The molecule has 0 bridgehead atoms. The van der Waals surface area contributed by atoms with Crippen LogP contribution in [0.5, 0.6) is 5.75 Å². The third-order valence-corrected chi connectivity index (χ3v) is 4.16. The number of piperidine rings is 1. The molecule has 1 heterocycles.